The highest BCUT2D eigenvalue weighted by Gasteiger charge is 2.10. The first-order chi connectivity index (χ1) is 9.12. The normalized spacial score (nSPS) is 10.6. The van der Waals surface area contributed by atoms with Crippen LogP contribution in [0.1, 0.15) is 5.56 Å². The summed E-state index contributed by atoms with van der Waals surface area (Å²) >= 11 is 5.89. The third-order valence-electron chi connectivity index (χ3n) is 2.27. The maximum Gasteiger partial charge on any atom is 0.333 e. The van der Waals surface area contributed by atoms with Gasteiger partial charge in [0.15, 0.2) is 0 Å². The fourth-order valence-electron chi connectivity index (χ4n) is 1.41. The summed E-state index contributed by atoms with van der Waals surface area (Å²) < 4.78 is 9.78. The number of esters is 1. The largest absolute Gasteiger partial charge is 0.496 e. The number of halogens is 1. The molecule has 0 aliphatic carbocycles. The molecular weight excluding hydrogens is 270 g/mol. The highest BCUT2D eigenvalue weighted by molar-refractivity contribution is 6.30. The van der Waals surface area contributed by atoms with Crippen LogP contribution in [0.25, 0.3) is 16.5 Å². The minimum Gasteiger partial charge on any atom is -0.496 e. The van der Waals surface area contributed by atoms with Crippen LogP contribution in [-0.4, -0.2) is 26.7 Å². The maximum atomic E-state index is 11.6. The lowest BCUT2D eigenvalue weighted by Gasteiger charge is -2.07. The highest BCUT2D eigenvalue weighted by Crippen LogP contribution is 2.25. The second-order valence-electron chi connectivity index (χ2n) is 3.44. The van der Waals surface area contributed by atoms with Crippen molar-refractivity contribution in [2.75, 3.05) is 20.8 Å². The fraction of sp³-hybridized carbons (Fsp3) is 0.250. The van der Waals surface area contributed by atoms with Crippen molar-refractivity contribution in [2.24, 2.45) is 5.11 Å². The molecule has 0 amide bonds. The number of carbonyl (C=O) groups is 1. The van der Waals surface area contributed by atoms with Gasteiger partial charge < -0.3 is 9.47 Å². The average molecular weight is 282 g/mol. The molecule has 0 aliphatic heterocycles. The van der Waals surface area contributed by atoms with E-state index in [0.717, 1.165) is 0 Å². The number of hydrogen-bond acceptors (Lipinski definition) is 4. The lowest BCUT2D eigenvalue weighted by Crippen LogP contribution is -2.07. The summed E-state index contributed by atoms with van der Waals surface area (Å²) in [4.78, 5) is 14.2. The third kappa shape index (κ3) is 4.21. The van der Waals surface area contributed by atoms with E-state index in [1.54, 1.807) is 18.2 Å². The molecule has 100 valence electrons. The Balaban J connectivity index is 3.23. The first kappa shape index (κ1) is 14.9. The lowest BCUT2D eigenvalue weighted by molar-refractivity contribution is -0.136. The molecule has 0 radical (unpaired) electrons. The molecule has 0 saturated heterocycles. The van der Waals surface area contributed by atoms with E-state index in [1.165, 1.54) is 20.3 Å². The van der Waals surface area contributed by atoms with Crippen molar-refractivity contribution in [3.05, 3.63) is 44.8 Å². The first-order valence-corrected chi connectivity index (χ1v) is 5.63. The zero-order valence-electron chi connectivity index (χ0n) is 10.5. The number of ether oxygens (including phenoxy) is 2. The molecule has 0 bridgehead atoms. The van der Waals surface area contributed by atoms with E-state index in [1.807, 2.05) is 0 Å². The summed E-state index contributed by atoms with van der Waals surface area (Å²) in [6, 6.07) is 4.99. The number of benzene rings is 1. The Labute approximate surface area is 115 Å². The van der Waals surface area contributed by atoms with Crippen molar-refractivity contribution in [3.8, 4) is 5.75 Å². The molecule has 0 aliphatic rings. The van der Waals surface area contributed by atoms with Gasteiger partial charge in [-0.1, -0.05) is 16.7 Å². The molecule has 1 aromatic rings. The van der Waals surface area contributed by atoms with Crippen LogP contribution in [0.2, 0.25) is 5.02 Å². The van der Waals surface area contributed by atoms with Gasteiger partial charge in [-0.15, -0.1) is 0 Å². The minimum absolute atomic E-state index is 0.112. The SMILES string of the molecule is COC(=O)/C(=C/c1cc(Cl)ccc1OC)CN=[N+]=[N-]. The van der Waals surface area contributed by atoms with Gasteiger partial charge in [-0.05, 0) is 29.8 Å². The van der Waals surface area contributed by atoms with Crippen molar-refractivity contribution in [3.63, 3.8) is 0 Å². The van der Waals surface area contributed by atoms with Crippen LogP contribution in [0, 0.1) is 0 Å². The second-order valence-corrected chi connectivity index (χ2v) is 3.87. The van der Waals surface area contributed by atoms with E-state index in [-0.39, 0.29) is 12.1 Å². The Morgan fingerprint density at radius 2 is 2.26 bits per heavy atom. The van der Waals surface area contributed by atoms with Gasteiger partial charge in [0, 0.05) is 21.1 Å². The van der Waals surface area contributed by atoms with Crippen LogP contribution in [0.3, 0.4) is 0 Å². The maximum absolute atomic E-state index is 11.6. The van der Waals surface area contributed by atoms with Gasteiger partial charge in [-0.25, -0.2) is 4.79 Å². The smallest absolute Gasteiger partial charge is 0.333 e. The molecule has 0 N–H and O–H groups in total. The van der Waals surface area contributed by atoms with Crippen LogP contribution >= 0.6 is 11.6 Å². The number of hydrogen-bond donors (Lipinski definition) is 0. The molecule has 0 fully saturated rings. The van der Waals surface area contributed by atoms with Gasteiger partial charge in [0.2, 0.25) is 0 Å². The van der Waals surface area contributed by atoms with E-state index >= 15 is 0 Å². The highest BCUT2D eigenvalue weighted by atomic mass is 35.5. The Bertz CT molecular complexity index is 551. The monoisotopic (exact) mass is 281 g/mol. The zero-order chi connectivity index (χ0) is 14.3. The standard InChI is InChI=1S/C12H12ClN3O3/c1-18-11-4-3-10(13)6-8(11)5-9(7-15-16-14)12(17)19-2/h3-6H,7H2,1-2H3/b9-5+. The Morgan fingerprint density at radius 1 is 1.53 bits per heavy atom. The van der Waals surface area contributed by atoms with Gasteiger partial charge in [0.25, 0.3) is 0 Å². The molecule has 0 heterocycles. The van der Waals surface area contributed by atoms with E-state index in [4.69, 9.17) is 21.9 Å². The van der Waals surface area contributed by atoms with Crippen molar-refractivity contribution >= 4 is 23.6 Å². The quantitative estimate of drug-likeness (QED) is 0.273. The van der Waals surface area contributed by atoms with Gasteiger partial charge in [-0.2, -0.15) is 0 Å². The molecular formula is C12H12ClN3O3. The Hall–Kier alpha value is -2.17. The molecule has 1 aromatic carbocycles. The summed E-state index contributed by atoms with van der Waals surface area (Å²) in [6.45, 7) is -0.112. The molecule has 0 atom stereocenters. The minimum atomic E-state index is -0.575. The summed E-state index contributed by atoms with van der Waals surface area (Å²) in [5, 5.41) is 3.85. The van der Waals surface area contributed by atoms with Crippen LogP contribution in [-0.2, 0) is 9.53 Å². The number of azide groups is 1. The zero-order valence-corrected chi connectivity index (χ0v) is 11.2. The molecule has 0 aromatic heterocycles. The predicted molar refractivity (Wildman–Crippen MR) is 72.0 cm³/mol. The number of methoxy groups -OCH3 is 2. The number of carbonyl (C=O) groups excluding carboxylic acids is 1. The second kappa shape index (κ2) is 7.31. The summed E-state index contributed by atoms with van der Waals surface area (Å²) in [5.41, 5.74) is 9.12. The Kier molecular flexibility index (Phi) is 5.73. The van der Waals surface area contributed by atoms with Gasteiger partial charge in [0.05, 0.1) is 20.8 Å². The fourth-order valence-corrected chi connectivity index (χ4v) is 1.59. The predicted octanol–water partition coefficient (Wildman–Crippen LogP) is 3.22. The third-order valence-corrected chi connectivity index (χ3v) is 2.51. The van der Waals surface area contributed by atoms with Crippen molar-refractivity contribution < 1.29 is 14.3 Å². The van der Waals surface area contributed by atoms with E-state index in [9.17, 15) is 4.79 Å². The molecule has 6 nitrogen and oxygen atoms in total. The average Bonchev–Trinajstić information content (AvgIpc) is 2.42. The topological polar surface area (TPSA) is 84.3 Å². The van der Waals surface area contributed by atoms with Gasteiger partial charge in [-0.3, -0.25) is 0 Å². The van der Waals surface area contributed by atoms with E-state index in [2.05, 4.69) is 14.8 Å². The Morgan fingerprint density at radius 3 is 2.84 bits per heavy atom. The van der Waals surface area contributed by atoms with E-state index in [0.29, 0.717) is 16.3 Å². The number of rotatable bonds is 5. The van der Waals surface area contributed by atoms with E-state index < -0.39 is 5.97 Å². The molecule has 1 rings (SSSR count). The van der Waals surface area contributed by atoms with Crippen molar-refractivity contribution in [2.45, 2.75) is 0 Å². The molecule has 0 spiro atoms. The van der Waals surface area contributed by atoms with Crippen molar-refractivity contribution in [1.29, 1.82) is 0 Å². The lowest BCUT2D eigenvalue weighted by atomic mass is 10.1. The molecule has 19 heavy (non-hydrogen) atoms. The molecule has 0 saturated carbocycles. The van der Waals surface area contributed by atoms with Gasteiger partial charge >= 0.3 is 5.97 Å². The summed E-state index contributed by atoms with van der Waals surface area (Å²) in [5.74, 6) is -0.0267. The first-order valence-electron chi connectivity index (χ1n) is 5.25. The van der Waals surface area contributed by atoms with Crippen LogP contribution < -0.4 is 4.74 Å². The number of nitrogens with zero attached hydrogens (tertiary/aromatic N) is 3. The molecule has 7 heteroatoms. The summed E-state index contributed by atoms with van der Waals surface area (Å²) in [7, 11) is 2.76. The van der Waals surface area contributed by atoms with Crippen LogP contribution in [0.4, 0.5) is 0 Å². The summed E-state index contributed by atoms with van der Waals surface area (Å²) in [6.07, 6.45) is 1.52. The van der Waals surface area contributed by atoms with Crippen LogP contribution in [0.15, 0.2) is 28.9 Å². The molecule has 0 unspecified atom stereocenters. The van der Waals surface area contributed by atoms with Crippen molar-refractivity contribution in [1.82, 2.24) is 0 Å². The van der Waals surface area contributed by atoms with Gasteiger partial charge in [0.1, 0.15) is 5.75 Å². The van der Waals surface area contributed by atoms with Crippen LogP contribution in [0.5, 0.6) is 5.75 Å².